The van der Waals surface area contributed by atoms with Crippen molar-refractivity contribution in [2.24, 2.45) is 0 Å². The van der Waals surface area contributed by atoms with Gasteiger partial charge in [0.2, 0.25) is 0 Å². The Morgan fingerprint density at radius 1 is 1.43 bits per heavy atom. The summed E-state index contributed by atoms with van der Waals surface area (Å²) < 4.78 is 5.12. The van der Waals surface area contributed by atoms with Crippen LogP contribution in [0.5, 0.6) is 5.75 Å². The van der Waals surface area contributed by atoms with Gasteiger partial charge in [-0.25, -0.2) is 0 Å². The summed E-state index contributed by atoms with van der Waals surface area (Å²) in [5.41, 5.74) is 1.32. The van der Waals surface area contributed by atoms with E-state index in [-0.39, 0.29) is 0 Å². The van der Waals surface area contributed by atoms with Crippen LogP contribution in [0.4, 0.5) is 0 Å². The molecule has 0 heterocycles. The minimum atomic E-state index is 0.826. The zero-order valence-electron chi connectivity index (χ0n) is 9.21. The monoisotopic (exact) mass is 192 g/mol. The second kappa shape index (κ2) is 5.66. The van der Waals surface area contributed by atoms with Crippen molar-refractivity contribution in [2.45, 2.75) is 12.8 Å². The van der Waals surface area contributed by atoms with E-state index in [1.54, 1.807) is 7.11 Å². The zero-order valence-corrected chi connectivity index (χ0v) is 9.21. The maximum absolute atomic E-state index is 5.12. The van der Waals surface area contributed by atoms with E-state index in [1.807, 2.05) is 6.07 Å². The van der Waals surface area contributed by atoms with Crippen molar-refractivity contribution in [3.8, 4) is 5.75 Å². The van der Waals surface area contributed by atoms with Crippen LogP contribution < -0.4 is 4.74 Å². The van der Waals surface area contributed by atoms with Crippen LogP contribution in [-0.4, -0.2) is 32.6 Å². The van der Waals surface area contributed by atoms with E-state index < -0.39 is 0 Å². The van der Waals surface area contributed by atoms with E-state index in [4.69, 9.17) is 4.74 Å². The molecular formula is C12H18NO. The molecule has 0 N–H and O–H groups in total. The molecule has 2 heteroatoms. The fraction of sp³-hybridized carbons (Fsp3) is 0.500. The summed E-state index contributed by atoms with van der Waals surface area (Å²) in [4.78, 5) is 2.20. The molecule has 0 saturated carbocycles. The summed E-state index contributed by atoms with van der Waals surface area (Å²) in [6, 6.07) is 9.09. The number of rotatable bonds is 5. The van der Waals surface area contributed by atoms with Gasteiger partial charge in [-0.1, -0.05) is 12.1 Å². The molecule has 0 spiro atoms. The van der Waals surface area contributed by atoms with Gasteiger partial charge in [-0.15, -0.1) is 0 Å². The first-order valence-electron chi connectivity index (χ1n) is 4.91. The van der Waals surface area contributed by atoms with E-state index >= 15 is 0 Å². The molecule has 0 fully saturated rings. The first kappa shape index (κ1) is 11.1. The van der Waals surface area contributed by atoms with Gasteiger partial charge in [0.15, 0.2) is 0 Å². The third-order valence-electron chi connectivity index (χ3n) is 2.13. The number of nitrogens with zero attached hydrogens (tertiary/aromatic N) is 1. The van der Waals surface area contributed by atoms with Crippen LogP contribution in [0.25, 0.3) is 0 Å². The van der Waals surface area contributed by atoms with Crippen molar-refractivity contribution in [1.82, 2.24) is 4.90 Å². The van der Waals surface area contributed by atoms with Gasteiger partial charge < -0.3 is 9.64 Å². The minimum Gasteiger partial charge on any atom is -0.496 e. The summed E-state index contributed by atoms with van der Waals surface area (Å²) in [7, 11) is 5.87. The molecule has 2 nitrogen and oxygen atoms in total. The molecule has 77 valence electrons. The minimum absolute atomic E-state index is 0.826. The van der Waals surface area contributed by atoms with Crippen molar-refractivity contribution in [3.05, 3.63) is 29.8 Å². The lowest BCUT2D eigenvalue weighted by Crippen LogP contribution is -2.13. The number of benzene rings is 1. The summed E-state index contributed by atoms with van der Waals surface area (Å²) in [6.07, 6.45) is 2.28. The van der Waals surface area contributed by atoms with Crippen LogP contribution in [-0.2, 0) is 6.42 Å². The largest absolute Gasteiger partial charge is 0.496 e. The Morgan fingerprint density at radius 2 is 2.21 bits per heavy atom. The average molecular weight is 192 g/mol. The number of methoxy groups -OCH3 is 1. The molecule has 0 aromatic heterocycles. The maximum Gasteiger partial charge on any atom is 0.127 e. The standard InChI is InChI=1S/C12H18NO/c1-13(2)9-5-7-11-6-4-8-12(10-11)14-3/h4,6,10H,5,7,9H2,1-3H3. The summed E-state index contributed by atoms with van der Waals surface area (Å²) in [6.45, 7) is 1.13. The molecule has 1 aromatic carbocycles. The number of ether oxygens (including phenoxy) is 1. The van der Waals surface area contributed by atoms with Crippen molar-refractivity contribution >= 4 is 0 Å². The Hall–Kier alpha value is -1.02. The Bertz CT molecular complexity index is 271. The number of hydrogen-bond donors (Lipinski definition) is 0. The fourth-order valence-corrected chi connectivity index (χ4v) is 1.36. The average Bonchev–Trinajstić information content (AvgIpc) is 2.18. The van der Waals surface area contributed by atoms with E-state index in [2.05, 4.69) is 37.2 Å². The summed E-state index contributed by atoms with van der Waals surface area (Å²) in [5, 5.41) is 0. The van der Waals surface area contributed by atoms with E-state index in [0.717, 1.165) is 18.7 Å². The molecule has 1 radical (unpaired) electrons. The number of aryl methyl sites for hydroxylation is 1. The molecule has 0 aliphatic heterocycles. The molecule has 0 aliphatic rings. The number of hydrogen-bond acceptors (Lipinski definition) is 2. The molecule has 0 aliphatic carbocycles. The lowest BCUT2D eigenvalue weighted by atomic mass is 10.1. The Balaban J connectivity index is 2.42. The third kappa shape index (κ3) is 3.79. The Morgan fingerprint density at radius 3 is 2.86 bits per heavy atom. The van der Waals surface area contributed by atoms with E-state index in [1.165, 1.54) is 12.0 Å². The molecule has 0 atom stereocenters. The summed E-state index contributed by atoms with van der Waals surface area (Å²) >= 11 is 0. The predicted octanol–water partition coefficient (Wildman–Crippen LogP) is 1.99. The van der Waals surface area contributed by atoms with Crippen LogP contribution in [0, 0.1) is 6.07 Å². The second-order valence-corrected chi connectivity index (χ2v) is 3.67. The highest BCUT2D eigenvalue weighted by Gasteiger charge is 1.96. The molecule has 0 amide bonds. The van der Waals surface area contributed by atoms with Gasteiger partial charge in [0.1, 0.15) is 5.75 Å². The van der Waals surface area contributed by atoms with Crippen LogP contribution in [0.1, 0.15) is 12.0 Å². The van der Waals surface area contributed by atoms with Gasteiger partial charge in [-0.3, -0.25) is 0 Å². The molecule has 0 saturated heterocycles. The van der Waals surface area contributed by atoms with Crippen LogP contribution in [0.3, 0.4) is 0 Å². The van der Waals surface area contributed by atoms with Crippen molar-refractivity contribution < 1.29 is 4.74 Å². The van der Waals surface area contributed by atoms with Gasteiger partial charge in [0.25, 0.3) is 0 Å². The Kier molecular flexibility index (Phi) is 4.47. The molecule has 1 rings (SSSR count). The van der Waals surface area contributed by atoms with Crippen LogP contribution in [0.15, 0.2) is 18.2 Å². The first-order valence-corrected chi connectivity index (χ1v) is 4.91. The van der Waals surface area contributed by atoms with Gasteiger partial charge in [0, 0.05) is 6.07 Å². The SMILES string of the molecule is COc1[c]ccc(CCCN(C)C)c1. The lowest BCUT2D eigenvalue weighted by molar-refractivity contribution is 0.399. The highest BCUT2D eigenvalue weighted by molar-refractivity contribution is 5.27. The van der Waals surface area contributed by atoms with E-state index in [9.17, 15) is 0 Å². The predicted molar refractivity (Wildman–Crippen MR) is 58.7 cm³/mol. The second-order valence-electron chi connectivity index (χ2n) is 3.67. The molecular weight excluding hydrogens is 174 g/mol. The maximum atomic E-state index is 5.12. The van der Waals surface area contributed by atoms with Gasteiger partial charge in [-0.2, -0.15) is 0 Å². The quantitative estimate of drug-likeness (QED) is 0.707. The van der Waals surface area contributed by atoms with E-state index in [0.29, 0.717) is 0 Å². The Labute approximate surface area is 86.5 Å². The zero-order chi connectivity index (χ0) is 10.4. The highest BCUT2D eigenvalue weighted by atomic mass is 16.5. The van der Waals surface area contributed by atoms with Gasteiger partial charge >= 0.3 is 0 Å². The first-order chi connectivity index (χ1) is 6.72. The fourth-order valence-electron chi connectivity index (χ4n) is 1.36. The molecule has 0 bridgehead atoms. The molecule has 1 aromatic rings. The van der Waals surface area contributed by atoms with Crippen molar-refractivity contribution in [1.29, 1.82) is 0 Å². The van der Waals surface area contributed by atoms with Crippen LogP contribution >= 0.6 is 0 Å². The molecule has 14 heavy (non-hydrogen) atoms. The molecule has 0 unspecified atom stereocenters. The van der Waals surface area contributed by atoms with Gasteiger partial charge in [0.05, 0.1) is 7.11 Å². The summed E-state index contributed by atoms with van der Waals surface area (Å²) in [5.74, 6) is 0.826. The van der Waals surface area contributed by atoms with Crippen molar-refractivity contribution in [2.75, 3.05) is 27.7 Å². The highest BCUT2D eigenvalue weighted by Crippen LogP contribution is 2.13. The van der Waals surface area contributed by atoms with Crippen molar-refractivity contribution in [3.63, 3.8) is 0 Å². The normalized spacial score (nSPS) is 10.6. The smallest absolute Gasteiger partial charge is 0.127 e. The lowest BCUT2D eigenvalue weighted by Gasteiger charge is -2.09. The third-order valence-corrected chi connectivity index (χ3v) is 2.13. The van der Waals surface area contributed by atoms with Gasteiger partial charge in [-0.05, 0) is 45.1 Å². The van der Waals surface area contributed by atoms with Crippen LogP contribution in [0.2, 0.25) is 0 Å². The topological polar surface area (TPSA) is 12.5 Å².